The van der Waals surface area contributed by atoms with Gasteiger partial charge in [0.15, 0.2) is 5.76 Å². The largest absolute Gasteiger partial charge is 0.477 e. The van der Waals surface area contributed by atoms with Gasteiger partial charge in [-0.2, -0.15) is 0 Å². The van der Waals surface area contributed by atoms with Crippen LogP contribution in [-0.4, -0.2) is 16.2 Å². The quantitative estimate of drug-likeness (QED) is 0.885. The second-order valence-corrected chi connectivity index (χ2v) is 5.65. The highest BCUT2D eigenvalue weighted by Crippen LogP contribution is 2.35. The Hall–Kier alpha value is -1.33. The smallest absolute Gasteiger partial charge is 0.341 e. The van der Waals surface area contributed by atoms with Crippen molar-refractivity contribution in [2.45, 2.75) is 19.8 Å². The summed E-state index contributed by atoms with van der Waals surface area (Å²) in [6.07, 6.45) is 0. The van der Waals surface area contributed by atoms with E-state index < -0.39 is 5.97 Å². The van der Waals surface area contributed by atoms with Crippen molar-refractivity contribution in [1.82, 2.24) is 5.16 Å². The predicted octanol–water partition coefficient (Wildman–Crippen LogP) is 4.58. The van der Waals surface area contributed by atoms with Gasteiger partial charge in [0, 0.05) is 21.0 Å². The standard InChI is InChI=1S/C13H11BrClNO3/c1-6(2)12-10(13(17)18)11(16-19-12)8-5-7(15)3-4-9(8)14/h3-6H,1-2H3,(H,17,18). The first-order chi connectivity index (χ1) is 8.91. The van der Waals surface area contributed by atoms with E-state index in [0.717, 1.165) is 0 Å². The summed E-state index contributed by atoms with van der Waals surface area (Å²) in [7, 11) is 0. The van der Waals surface area contributed by atoms with Gasteiger partial charge in [0.25, 0.3) is 0 Å². The maximum atomic E-state index is 11.4. The molecule has 0 aliphatic heterocycles. The monoisotopic (exact) mass is 343 g/mol. The molecule has 1 aromatic heterocycles. The first kappa shape index (κ1) is 14.1. The Morgan fingerprint density at radius 1 is 1.47 bits per heavy atom. The lowest BCUT2D eigenvalue weighted by Gasteiger charge is -2.04. The second-order valence-electron chi connectivity index (χ2n) is 4.35. The second kappa shape index (κ2) is 5.35. The molecule has 6 heteroatoms. The molecule has 1 heterocycles. The van der Waals surface area contributed by atoms with Crippen LogP contribution in [0, 0.1) is 0 Å². The molecule has 0 saturated heterocycles. The first-order valence-electron chi connectivity index (χ1n) is 5.60. The molecule has 0 radical (unpaired) electrons. The van der Waals surface area contributed by atoms with Crippen LogP contribution < -0.4 is 0 Å². The van der Waals surface area contributed by atoms with E-state index in [4.69, 9.17) is 16.1 Å². The molecule has 0 amide bonds. The minimum Gasteiger partial charge on any atom is -0.477 e. The number of hydrogen-bond donors (Lipinski definition) is 1. The van der Waals surface area contributed by atoms with E-state index in [1.807, 2.05) is 13.8 Å². The topological polar surface area (TPSA) is 63.3 Å². The molecule has 1 N–H and O–H groups in total. The average Bonchev–Trinajstić information content (AvgIpc) is 2.76. The van der Waals surface area contributed by atoms with Gasteiger partial charge in [-0.3, -0.25) is 0 Å². The molecule has 0 fully saturated rings. The molecule has 0 atom stereocenters. The van der Waals surface area contributed by atoms with E-state index in [1.165, 1.54) is 0 Å². The van der Waals surface area contributed by atoms with E-state index in [9.17, 15) is 9.90 Å². The number of hydrogen-bond acceptors (Lipinski definition) is 3. The van der Waals surface area contributed by atoms with E-state index in [1.54, 1.807) is 18.2 Å². The molecule has 1 aromatic carbocycles. The summed E-state index contributed by atoms with van der Waals surface area (Å²) in [4.78, 5) is 11.4. The molecule has 0 saturated carbocycles. The molecule has 19 heavy (non-hydrogen) atoms. The van der Waals surface area contributed by atoms with Crippen LogP contribution in [0.15, 0.2) is 27.2 Å². The van der Waals surface area contributed by atoms with Crippen molar-refractivity contribution in [2.75, 3.05) is 0 Å². The van der Waals surface area contributed by atoms with Crippen LogP contribution in [0.3, 0.4) is 0 Å². The van der Waals surface area contributed by atoms with Crippen molar-refractivity contribution in [2.24, 2.45) is 0 Å². The summed E-state index contributed by atoms with van der Waals surface area (Å²) < 4.78 is 5.88. The summed E-state index contributed by atoms with van der Waals surface area (Å²) in [5, 5.41) is 13.7. The average molecular weight is 345 g/mol. The summed E-state index contributed by atoms with van der Waals surface area (Å²) in [6, 6.07) is 5.10. The molecule has 2 rings (SSSR count). The molecule has 0 bridgehead atoms. The van der Waals surface area contributed by atoms with E-state index in [0.29, 0.717) is 20.8 Å². The SMILES string of the molecule is CC(C)c1onc(-c2cc(Cl)ccc2Br)c1C(=O)O. The Bertz CT molecular complexity index is 637. The van der Waals surface area contributed by atoms with Gasteiger partial charge in [-0.25, -0.2) is 4.79 Å². The van der Waals surface area contributed by atoms with Gasteiger partial charge in [0.05, 0.1) is 0 Å². The lowest BCUT2D eigenvalue weighted by Crippen LogP contribution is -2.02. The highest BCUT2D eigenvalue weighted by molar-refractivity contribution is 9.10. The number of halogens is 2. The highest BCUT2D eigenvalue weighted by Gasteiger charge is 2.26. The van der Waals surface area contributed by atoms with Crippen molar-refractivity contribution < 1.29 is 14.4 Å². The molecule has 2 aromatic rings. The number of aromatic nitrogens is 1. The van der Waals surface area contributed by atoms with Crippen molar-refractivity contribution >= 4 is 33.5 Å². The summed E-state index contributed by atoms with van der Waals surface area (Å²) in [5.74, 6) is -0.772. The van der Waals surface area contributed by atoms with E-state index in [-0.39, 0.29) is 17.2 Å². The van der Waals surface area contributed by atoms with Gasteiger partial charge in [-0.15, -0.1) is 0 Å². The third-order valence-electron chi connectivity index (χ3n) is 2.64. The Morgan fingerprint density at radius 3 is 2.74 bits per heavy atom. The lowest BCUT2D eigenvalue weighted by molar-refractivity contribution is 0.0694. The summed E-state index contributed by atoms with van der Waals surface area (Å²) in [5.41, 5.74) is 0.962. The summed E-state index contributed by atoms with van der Waals surface area (Å²) in [6.45, 7) is 3.70. The number of carboxylic acid groups (broad SMARTS) is 1. The van der Waals surface area contributed by atoms with Crippen LogP contribution in [0.2, 0.25) is 5.02 Å². The maximum Gasteiger partial charge on any atom is 0.341 e. The molecular weight excluding hydrogens is 334 g/mol. The fourth-order valence-corrected chi connectivity index (χ4v) is 2.37. The van der Waals surface area contributed by atoms with E-state index in [2.05, 4.69) is 21.1 Å². The van der Waals surface area contributed by atoms with Gasteiger partial charge >= 0.3 is 5.97 Å². The molecule has 0 aliphatic carbocycles. The fraction of sp³-hybridized carbons (Fsp3) is 0.231. The zero-order valence-corrected chi connectivity index (χ0v) is 12.6. The number of aromatic carboxylic acids is 1. The number of carboxylic acids is 1. The minimum atomic E-state index is -1.06. The van der Waals surface area contributed by atoms with Crippen molar-refractivity contribution in [3.05, 3.63) is 39.0 Å². The number of benzene rings is 1. The van der Waals surface area contributed by atoms with Crippen molar-refractivity contribution in [1.29, 1.82) is 0 Å². The van der Waals surface area contributed by atoms with Gasteiger partial charge in [0.2, 0.25) is 0 Å². The Kier molecular flexibility index (Phi) is 3.96. The summed E-state index contributed by atoms with van der Waals surface area (Å²) >= 11 is 9.30. The third kappa shape index (κ3) is 2.67. The molecular formula is C13H11BrClNO3. The normalized spacial score (nSPS) is 11.0. The first-order valence-corrected chi connectivity index (χ1v) is 6.77. The van der Waals surface area contributed by atoms with Crippen LogP contribution in [-0.2, 0) is 0 Å². The maximum absolute atomic E-state index is 11.4. The zero-order valence-electron chi connectivity index (χ0n) is 10.3. The lowest BCUT2D eigenvalue weighted by atomic mass is 10.0. The Labute approximate surface area is 123 Å². The highest BCUT2D eigenvalue weighted by atomic mass is 79.9. The van der Waals surface area contributed by atoms with Crippen LogP contribution in [0.1, 0.15) is 35.9 Å². The van der Waals surface area contributed by atoms with Crippen LogP contribution >= 0.6 is 27.5 Å². The molecule has 100 valence electrons. The molecule has 4 nitrogen and oxygen atoms in total. The molecule has 0 spiro atoms. The number of rotatable bonds is 3. The Morgan fingerprint density at radius 2 is 2.16 bits per heavy atom. The van der Waals surface area contributed by atoms with E-state index >= 15 is 0 Å². The number of nitrogens with zero attached hydrogens (tertiary/aromatic N) is 1. The minimum absolute atomic E-state index is 0.0645. The van der Waals surface area contributed by atoms with Gasteiger partial charge < -0.3 is 9.63 Å². The van der Waals surface area contributed by atoms with Gasteiger partial charge in [0.1, 0.15) is 11.3 Å². The van der Waals surface area contributed by atoms with Crippen LogP contribution in [0.4, 0.5) is 0 Å². The third-order valence-corrected chi connectivity index (χ3v) is 3.57. The van der Waals surface area contributed by atoms with Crippen molar-refractivity contribution in [3.63, 3.8) is 0 Å². The van der Waals surface area contributed by atoms with Crippen LogP contribution in [0.5, 0.6) is 0 Å². The van der Waals surface area contributed by atoms with Crippen molar-refractivity contribution in [3.8, 4) is 11.3 Å². The Balaban J connectivity index is 2.69. The predicted molar refractivity (Wildman–Crippen MR) is 75.7 cm³/mol. The molecule has 0 aliphatic rings. The zero-order chi connectivity index (χ0) is 14.2. The van der Waals surface area contributed by atoms with Gasteiger partial charge in [-0.05, 0) is 18.2 Å². The van der Waals surface area contributed by atoms with Crippen LogP contribution in [0.25, 0.3) is 11.3 Å². The molecule has 0 unspecified atom stereocenters. The number of carbonyl (C=O) groups is 1. The fourth-order valence-electron chi connectivity index (χ4n) is 1.77. The van der Waals surface area contributed by atoms with Gasteiger partial charge in [-0.1, -0.05) is 46.5 Å².